The molecule has 3 nitrogen and oxygen atoms in total. The maximum absolute atomic E-state index is 11.2. The summed E-state index contributed by atoms with van der Waals surface area (Å²) < 4.78 is 0. The van der Waals surface area contributed by atoms with Gasteiger partial charge in [0.25, 0.3) is 0 Å². The van der Waals surface area contributed by atoms with Gasteiger partial charge < -0.3 is 0 Å². The number of aryl methyl sites for hydroxylation is 1. The first-order valence-corrected chi connectivity index (χ1v) is 5.99. The van der Waals surface area contributed by atoms with Gasteiger partial charge in [-0.25, -0.2) is 4.98 Å². The first-order valence-electron chi connectivity index (χ1n) is 5.99. The number of aromatic nitrogens is 1. The molecule has 3 heteroatoms. The predicted molar refractivity (Wildman–Crippen MR) is 68.7 cm³/mol. The number of hydrogen-bond acceptors (Lipinski definition) is 2. The van der Waals surface area contributed by atoms with E-state index in [-0.39, 0.29) is 5.91 Å². The summed E-state index contributed by atoms with van der Waals surface area (Å²) in [5.74, 6) is 0.968. The van der Waals surface area contributed by atoms with Crippen molar-refractivity contribution in [1.29, 1.82) is 0 Å². The summed E-state index contributed by atoms with van der Waals surface area (Å²) in [4.78, 5) is 17.0. The zero-order chi connectivity index (χ0) is 12.6. The second-order valence-electron chi connectivity index (χ2n) is 2.94. The number of fused-ring (bicyclic) bond motifs is 1. The van der Waals surface area contributed by atoms with Gasteiger partial charge >= 0.3 is 0 Å². The highest BCUT2D eigenvalue weighted by molar-refractivity contribution is 5.94. The second kappa shape index (κ2) is 7.85. The van der Waals surface area contributed by atoms with Gasteiger partial charge in [-0.05, 0) is 18.1 Å². The second-order valence-corrected chi connectivity index (χ2v) is 2.94. The first-order chi connectivity index (χ1) is 7.79. The Morgan fingerprint density at radius 2 is 1.81 bits per heavy atom. The van der Waals surface area contributed by atoms with Crippen molar-refractivity contribution in [2.75, 3.05) is 11.9 Å². The van der Waals surface area contributed by atoms with Crippen molar-refractivity contribution in [3.63, 3.8) is 0 Å². The Bertz CT molecular complexity index is 323. The van der Waals surface area contributed by atoms with Crippen LogP contribution in [-0.2, 0) is 11.2 Å². The van der Waals surface area contributed by atoms with Crippen LogP contribution in [0.3, 0.4) is 0 Å². The van der Waals surface area contributed by atoms with Gasteiger partial charge in [-0.3, -0.25) is 9.69 Å². The van der Waals surface area contributed by atoms with Crippen molar-refractivity contribution < 1.29 is 4.79 Å². The van der Waals surface area contributed by atoms with Crippen molar-refractivity contribution in [3.8, 4) is 0 Å². The molecule has 0 aromatic carbocycles. The van der Waals surface area contributed by atoms with Crippen LogP contribution < -0.4 is 4.90 Å². The van der Waals surface area contributed by atoms with Gasteiger partial charge in [0.05, 0.1) is 0 Å². The Kier molecular flexibility index (Phi) is 7.18. The smallest absolute Gasteiger partial charge is 0.228 e. The molecule has 0 fully saturated rings. The number of pyridine rings is 1. The van der Waals surface area contributed by atoms with E-state index in [2.05, 4.69) is 4.98 Å². The molecule has 1 aliphatic rings. The molecular formula is C13H22N2O. The lowest BCUT2D eigenvalue weighted by molar-refractivity contribution is -0.118. The van der Waals surface area contributed by atoms with Crippen LogP contribution in [-0.4, -0.2) is 17.9 Å². The number of anilines is 1. The fourth-order valence-electron chi connectivity index (χ4n) is 1.45. The normalized spacial score (nSPS) is 12.8. The van der Waals surface area contributed by atoms with Gasteiger partial charge in [0.15, 0.2) is 0 Å². The Morgan fingerprint density at radius 1 is 1.19 bits per heavy atom. The molecule has 0 aliphatic carbocycles. The number of nitrogens with zero attached hydrogens (tertiary/aromatic N) is 2. The average molecular weight is 222 g/mol. The van der Waals surface area contributed by atoms with Crippen molar-refractivity contribution in [2.24, 2.45) is 0 Å². The van der Waals surface area contributed by atoms with E-state index in [1.807, 2.05) is 39.8 Å². The van der Waals surface area contributed by atoms with E-state index in [1.165, 1.54) is 5.56 Å². The van der Waals surface area contributed by atoms with Gasteiger partial charge in [-0.1, -0.05) is 33.8 Å². The topological polar surface area (TPSA) is 33.2 Å². The van der Waals surface area contributed by atoms with Crippen LogP contribution in [0, 0.1) is 0 Å². The highest BCUT2D eigenvalue weighted by Crippen LogP contribution is 2.22. The highest BCUT2D eigenvalue weighted by Gasteiger charge is 2.20. The largest absolute Gasteiger partial charge is 0.300 e. The summed E-state index contributed by atoms with van der Waals surface area (Å²) in [5, 5.41) is 0. The summed E-state index contributed by atoms with van der Waals surface area (Å²) in [6.45, 7) is 8.00. The van der Waals surface area contributed by atoms with Gasteiger partial charge in [-0.2, -0.15) is 0 Å². The Morgan fingerprint density at radius 3 is 2.44 bits per heavy atom. The summed E-state index contributed by atoms with van der Waals surface area (Å²) in [6.07, 6.45) is 3.15. The zero-order valence-electron chi connectivity index (χ0n) is 10.9. The third-order valence-electron chi connectivity index (χ3n) is 2.17. The van der Waals surface area contributed by atoms with E-state index < -0.39 is 0 Å². The minimum Gasteiger partial charge on any atom is -0.300 e. The molecule has 1 amide bonds. The summed E-state index contributed by atoms with van der Waals surface area (Å²) in [6, 6.07) is 3.92. The lowest BCUT2D eigenvalue weighted by Crippen LogP contribution is -2.31. The minimum absolute atomic E-state index is 0.154. The summed E-state index contributed by atoms with van der Waals surface area (Å²) in [5.41, 5.74) is 1.17. The van der Waals surface area contributed by atoms with Crippen LogP contribution in [0.1, 0.15) is 39.7 Å². The van der Waals surface area contributed by atoms with E-state index in [9.17, 15) is 4.79 Å². The van der Waals surface area contributed by atoms with Crippen molar-refractivity contribution in [1.82, 2.24) is 4.98 Å². The molecule has 0 radical (unpaired) electrons. The molecule has 1 aromatic heterocycles. The van der Waals surface area contributed by atoms with E-state index >= 15 is 0 Å². The SMILES string of the molecule is CC.CC.CN1C(=O)CCc2cccnc21. The molecule has 0 unspecified atom stereocenters. The standard InChI is InChI=1S/C9H10N2O.2C2H6/c1-11-8(12)5-4-7-3-2-6-10-9(7)11;2*1-2/h2-3,6H,4-5H2,1H3;2*1-2H3. The van der Waals surface area contributed by atoms with Gasteiger partial charge in [0.1, 0.15) is 5.82 Å². The zero-order valence-corrected chi connectivity index (χ0v) is 10.9. The third-order valence-corrected chi connectivity index (χ3v) is 2.17. The van der Waals surface area contributed by atoms with E-state index in [0.29, 0.717) is 6.42 Å². The molecule has 1 aromatic rings. The van der Waals surface area contributed by atoms with Crippen molar-refractivity contribution in [3.05, 3.63) is 23.9 Å². The molecule has 0 saturated carbocycles. The van der Waals surface area contributed by atoms with Crippen LogP contribution in [0.15, 0.2) is 18.3 Å². The van der Waals surface area contributed by atoms with Crippen molar-refractivity contribution >= 4 is 11.7 Å². The lowest BCUT2D eigenvalue weighted by atomic mass is 10.1. The molecular weight excluding hydrogens is 200 g/mol. The van der Waals surface area contributed by atoms with Crippen molar-refractivity contribution in [2.45, 2.75) is 40.5 Å². The fraction of sp³-hybridized carbons (Fsp3) is 0.538. The minimum atomic E-state index is 0.154. The Hall–Kier alpha value is -1.38. The molecule has 0 N–H and O–H groups in total. The third kappa shape index (κ3) is 3.33. The Balaban J connectivity index is 0.000000509. The van der Waals surface area contributed by atoms with Crippen LogP contribution >= 0.6 is 0 Å². The molecule has 0 atom stereocenters. The summed E-state index contributed by atoms with van der Waals surface area (Å²) in [7, 11) is 1.77. The molecule has 1 aliphatic heterocycles. The lowest BCUT2D eigenvalue weighted by Gasteiger charge is -2.23. The number of carbonyl (C=O) groups excluding carboxylic acids is 1. The molecule has 0 saturated heterocycles. The fourth-order valence-corrected chi connectivity index (χ4v) is 1.45. The van der Waals surface area contributed by atoms with Crippen LogP contribution in [0.2, 0.25) is 0 Å². The van der Waals surface area contributed by atoms with Gasteiger partial charge in [0.2, 0.25) is 5.91 Å². The molecule has 2 rings (SSSR count). The predicted octanol–water partition coefficient (Wildman–Crippen LogP) is 3.04. The monoisotopic (exact) mass is 222 g/mol. The molecule has 90 valence electrons. The van der Waals surface area contributed by atoms with E-state index in [0.717, 1.165) is 12.2 Å². The van der Waals surface area contributed by atoms with Crippen LogP contribution in [0.4, 0.5) is 5.82 Å². The van der Waals surface area contributed by atoms with Crippen LogP contribution in [0.25, 0.3) is 0 Å². The molecule has 0 bridgehead atoms. The number of rotatable bonds is 0. The number of carbonyl (C=O) groups is 1. The van der Waals surface area contributed by atoms with Crippen LogP contribution in [0.5, 0.6) is 0 Å². The van der Waals surface area contributed by atoms with E-state index in [1.54, 1.807) is 18.1 Å². The maximum atomic E-state index is 11.2. The number of amides is 1. The molecule has 0 spiro atoms. The first kappa shape index (κ1) is 14.6. The number of hydrogen-bond donors (Lipinski definition) is 0. The summed E-state index contributed by atoms with van der Waals surface area (Å²) >= 11 is 0. The molecule has 2 heterocycles. The van der Waals surface area contributed by atoms with Gasteiger partial charge in [0, 0.05) is 19.7 Å². The van der Waals surface area contributed by atoms with E-state index in [4.69, 9.17) is 0 Å². The average Bonchev–Trinajstić information content (AvgIpc) is 2.39. The molecule has 16 heavy (non-hydrogen) atoms. The highest BCUT2D eigenvalue weighted by atomic mass is 16.2. The van der Waals surface area contributed by atoms with Gasteiger partial charge in [-0.15, -0.1) is 0 Å². The quantitative estimate of drug-likeness (QED) is 0.676. The maximum Gasteiger partial charge on any atom is 0.228 e. The Labute approximate surface area is 98.5 Å².